The second kappa shape index (κ2) is 5.78. The Kier molecular flexibility index (Phi) is 4.10. The summed E-state index contributed by atoms with van der Waals surface area (Å²) < 4.78 is 16.1. The number of nitrogens with zero attached hydrogens (tertiary/aromatic N) is 2. The summed E-state index contributed by atoms with van der Waals surface area (Å²) in [6, 6.07) is 5.36. The number of nitrogens with two attached hydrogens (primary N) is 1. The lowest BCUT2D eigenvalue weighted by Gasteiger charge is -2.10. The van der Waals surface area contributed by atoms with Gasteiger partial charge < -0.3 is 10.3 Å². The lowest BCUT2D eigenvalue weighted by molar-refractivity contribution is 0.579. The molecule has 3 nitrogen and oxygen atoms in total. The number of hydrogen-bond donors (Lipinski definition) is 1. The van der Waals surface area contributed by atoms with E-state index in [0.29, 0.717) is 17.7 Å². The van der Waals surface area contributed by atoms with Gasteiger partial charge in [0.15, 0.2) is 0 Å². The third-order valence-corrected chi connectivity index (χ3v) is 2.99. The van der Waals surface area contributed by atoms with Crippen molar-refractivity contribution in [2.24, 2.45) is 5.73 Å². The van der Waals surface area contributed by atoms with Gasteiger partial charge in [0.05, 0.1) is 6.54 Å². The summed E-state index contributed by atoms with van der Waals surface area (Å²) in [5.41, 5.74) is 6.73. The van der Waals surface area contributed by atoms with Crippen molar-refractivity contribution in [3.8, 4) is 0 Å². The fourth-order valence-electron chi connectivity index (χ4n) is 2.03. The molecule has 2 aromatic rings. The molecule has 0 atom stereocenters. The molecule has 0 aliphatic rings. The van der Waals surface area contributed by atoms with Crippen LogP contribution in [0.15, 0.2) is 30.6 Å². The zero-order chi connectivity index (χ0) is 13.0. The number of hydrogen-bond acceptors (Lipinski definition) is 2. The largest absolute Gasteiger partial charge is 0.330 e. The highest BCUT2D eigenvalue weighted by Crippen LogP contribution is 2.15. The molecule has 96 valence electrons. The fourth-order valence-corrected chi connectivity index (χ4v) is 2.03. The first-order chi connectivity index (χ1) is 8.76. The Morgan fingerprint density at radius 1 is 1.33 bits per heavy atom. The van der Waals surface area contributed by atoms with Crippen LogP contribution in [-0.2, 0) is 19.5 Å². The van der Waals surface area contributed by atoms with Crippen LogP contribution in [0.3, 0.4) is 0 Å². The Balaban J connectivity index is 2.25. The Morgan fingerprint density at radius 3 is 2.83 bits per heavy atom. The Morgan fingerprint density at radius 2 is 2.11 bits per heavy atom. The van der Waals surface area contributed by atoms with Crippen molar-refractivity contribution < 1.29 is 4.39 Å². The summed E-state index contributed by atoms with van der Waals surface area (Å²) in [7, 11) is 0. The zero-order valence-electron chi connectivity index (χ0n) is 10.6. The van der Waals surface area contributed by atoms with Gasteiger partial charge in [0.25, 0.3) is 0 Å². The van der Waals surface area contributed by atoms with Crippen molar-refractivity contribution in [2.75, 3.05) is 0 Å². The first kappa shape index (κ1) is 12.8. The SMILES string of the molecule is CCCc1nccn1Cc1cccc(CN)c1F. The predicted molar refractivity (Wildman–Crippen MR) is 69.6 cm³/mol. The summed E-state index contributed by atoms with van der Waals surface area (Å²) in [6.07, 6.45) is 5.59. The Bertz CT molecular complexity index is 520. The van der Waals surface area contributed by atoms with Crippen molar-refractivity contribution >= 4 is 0 Å². The molecule has 0 unspecified atom stereocenters. The van der Waals surface area contributed by atoms with Crippen LogP contribution in [0, 0.1) is 5.82 Å². The highest BCUT2D eigenvalue weighted by atomic mass is 19.1. The van der Waals surface area contributed by atoms with E-state index in [-0.39, 0.29) is 12.4 Å². The molecule has 0 amide bonds. The van der Waals surface area contributed by atoms with Gasteiger partial charge in [-0.3, -0.25) is 0 Å². The van der Waals surface area contributed by atoms with E-state index in [1.165, 1.54) is 0 Å². The molecule has 0 radical (unpaired) electrons. The van der Waals surface area contributed by atoms with Gasteiger partial charge in [-0.2, -0.15) is 0 Å². The summed E-state index contributed by atoms with van der Waals surface area (Å²) >= 11 is 0. The third-order valence-electron chi connectivity index (χ3n) is 2.99. The highest BCUT2D eigenvalue weighted by molar-refractivity contribution is 5.26. The van der Waals surface area contributed by atoms with Gasteiger partial charge in [-0.1, -0.05) is 25.1 Å². The lowest BCUT2D eigenvalue weighted by atomic mass is 10.1. The van der Waals surface area contributed by atoms with E-state index in [9.17, 15) is 4.39 Å². The molecule has 0 aliphatic heterocycles. The maximum atomic E-state index is 14.1. The van der Waals surface area contributed by atoms with Gasteiger partial charge in [-0.25, -0.2) is 9.37 Å². The number of halogens is 1. The van der Waals surface area contributed by atoms with Crippen molar-refractivity contribution in [1.82, 2.24) is 9.55 Å². The van der Waals surface area contributed by atoms with E-state index in [0.717, 1.165) is 18.7 Å². The van der Waals surface area contributed by atoms with Gasteiger partial charge in [0, 0.05) is 36.5 Å². The molecule has 18 heavy (non-hydrogen) atoms. The maximum Gasteiger partial charge on any atom is 0.132 e. The van der Waals surface area contributed by atoms with Crippen molar-refractivity contribution in [3.05, 3.63) is 53.4 Å². The first-order valence-electron chi connectivity index (χ1n) is 6.22. The molecule has 2 rings (SSSR count). The van der Waals surface area contributed by atoms with Gasteiger partial charge in [-0.05, 0) is 6.42 Å². The summed E-state index contributed by atoms with van der Waals surface area (Å²) in [4.78, 5) is 4.29. The number of aryl methyl sites for hydroxylation is 1. The molecule has 0 fully saturated rings. The normalized spacial score (nSPS) is 10.8. The van der Waals surface area contributed by atoms with E-state index < -0.39 is 0 Å². The smallest absolute Gasteiger partial charge is 0.132 e. The molecule has 0 saturated carbocycles. The molecule has 1 aromatic heterocycles. The van der Waals surface area contributed by atoms with Crippen LogP contribution in [-0.4, -0.2) is 9.55 Å². The van der Waals surface area contributed by atoms with E-state index in [1.54, 1.807) is 18.3 Å². The predicted octanol–water partition coefficient (Wildman–Crippen LogP) is 2.48. The van der Waals surface area contributed by atoms with E-state index in [4.69, 9.17) is 5.73 Å². The number of imidazole rings is 1. The standard InChI is InChI=1S/C14H18FN3/c1-2-4-13-17-7-8-18(13)10-12-6-3-5-11(9-16)14(12)15/h3,5-8H,2,4,9-10,16H2,1H3. The number of benzene rings is 1. The van der Waals surface area contributed by atoms with Crippen LogP contribution in [0.25, 0.3) is 0 Å². The van der Waals surface area contributed by atoms with Gasteiger partial charge in [0.2, 0.25) is 0 Å². The average molecular weight is 247 g/mol. The van der Waals surface area contributed by atoms with Crippen LogP contribution >= 0.6 is 0 Å². The summed E-state index contributed by atoms with van der Waals surface area (Å²) in [6.45, 7) is 2.84. The second-order valence-corrected chi connectivity index (χ2v) is 4.32. The van der Waals surface area contributed by atoms with Gasteiger partial charge in [-0.15, -0.1) is 0 Å². The quantitative estimate of drug-likeness (QED) is 0.882. The van der Waals surface area contributed by atoms with Crippen molar-refractivity contribution in [1.29, 1.82) is 0 Å². The molecule has 1 aromatic carbocycles. The van der Waals surface area contributed by atoms with E-state index in [2.05, 4.69) is 11.9 Å². The molecule has 0 bridgehead atoms. The van der Waals surface area contributed by atoms with Crippen LogP contribution in [0.4, 0.5) is 4.39 Å². The molecule has 4 heteroatoms. The third kappa shape index (κ3) is 2.59. The molecular weight excluding hydrogens is 229 g/mol. The maximum absolute atomic E-state index is 14.1. The minimum atomic E-state index is -0.198. The van der Waals surface area contributed by atoms with Crippen molar-refractivity contribution in [2.45, 2.75) is 32.9 Å². The van der Waals surface area contributed by atoms with Crippen LogP contribution < -0.4 is 5.73 Å². The zero-order valence-corrected chi connectivity index (χ0v) is 10.6. The Hall–Kier alpha value is -1.68. The van der Waals surface area contributed by atoms with Crippen LogP contribution in [0.5, 0.6) is 0 Å². The van der Waals surface area contributed by atoms with E-state index >= 15 is 0 Å². The molecule has 0 saturated heterocycles. The van der Waals surface area contributed by atoms with E-state index in [1.807, 2.05) is 16.8 Å². The first-order valence-corrected chi connectivity index (χ1v) is 6.22. The van der Waals surface area contributed by atoms with Gasteiger partial charge in [0.1, 0.15) is 11.6 Å². The fraction of sp³-hybridized carbons (Fsp3) is 0.357. The minimum absolute atomic E-state index is 0.198. The molecule has 1 heterocycles. The number of aromatic nitrogens is 2. The second-order valence-electron chi connectivity index (χ2n) is 4.32. The molecule has 0 aliphatic carbocycles. The average Bonchev–Trinajstić information content (AvgIpc) is 2.80. The van der Waals surface area contributed by atoms with Crippen LogP contribution in [0.2, 0.25) is 0 Å². The topological polar surface area (TPSA) is 43.8 Å². The van der Waals surface area contributed by atoms with Gasteiger partial charge >= 0.3 is 0 Å². The number of rotatable bonds is 5. The molecule has 0 spiro atoms. The summed E-state index contributed by atoms with van der Waals surface area (Å²) in [5, 5.41) is 0. The minimum Gasteiger partial charge on any atom is -0.330 e. The van der Waals surface area contributed by atoms with Crippen molar-refractivity contribution in [3.63, 3.8) is 0 Å². The highest BCUT2D eigenvalue weighted by Gasteiger charge is 2.09. The Labute approximate surface area is 106 Å². The van der Waals surface area contributed by atoms with Crippen LogP contribution in [0.1, 0.15) is 30.3 Å². The monoisotopic (exact) mass is 247 g/mol. The summed E-state index contributed by atoms with van der Waals surface area (Å²) in [5.74, 6) is 0.797. The molecule has 2 N–H and O–H groups in total. The molecular formula is C14H18FN3. The lowest BCUT2D eigenvalue weighted by Crippen LogP contribution is -2.08.